The van der Waals surface area contributed by atoms with Crippen molar-refractivity contribution < 1.29 is 19.2 Å². The number of aromatic nitrogens is 2. The van der Waals surface area contributed by atoms with Gasteiger partial charge in [0.25, 0.3) is 17.7 Å². The average molecular weight is 490 g/mol. The zero-order valence-corrected chi connectivity index (χ0v) is 20.0. The number of aryl methyl sites for hydroxylation is 2. The lowest BCUT2D eigenvalue weighted by Gasteiger charge is -2.14. The third-order valence-corrected chi connectivity index (χ3v) is 6.22. The second kappa shape index (κ2) is 10.5. The van der Waals surface area contributed by atoms with E-state index in [1.54, 1.807) is 36.4 Å². The third kappa shape index (κ3) is 5.72. The summed E-state index contributed by atoms with van der Waals surface area (Å²) in [7, 11) is 0. The van der Waals surface area contributed by atoms with Crippen LogP contribution in [0.4, 0.5) is 0 Å². The van der Waals surface area contributed by atoms with E-state index in [-0.39, 0.29) is 13.0 Å². The molecule has 1 aromatic heterocycles. The molecule has 0 bridgehead atoms. The zero-order chi connectivity index (χ0) is 24.9. The van der Waals surface area contributed by atoms with E-state index >= 15 is 0 Å². The molecule has 0 fully saturated rings. The molecule has 0 saturated heterocycles. The molecule has 0 spiro atoms. The number of carbonyl (C=O) groups is 4. The minimum Gasteiger partial charge on any atom is -0.274 e. The molecule has 35 heavy (non-hydrogen) atoms. The number of thioether (sulfide) groups is 1. The first-order chi connectivity index (χ1) is 16.8. The van der Waals surface area contributed by atoms with Gasteiger partial charge in [0.1, 0.15) is 0 Å². The third-order valence-electron chi connectivity index (χ3n) is 5.30. The van der Waals surface area contributed by atoms with Gasteiger partial charge in [-0.05, 0) is 49.7 Å². The van der Waals surface area contributed by atoms with Crippen molar-refractivity contribution in [1.82, 2.24) is 25.7 Å². The summed E-state index contributed by atoms with van der Waals surface area (Å²) in [6.07, 6.45) is -0.136. The molecule has 0 radical (unpaired) electrons. The molecule has 2 aromatic carbocycles. The van der Waals surface area contributed by atoms with E-state index in [4.69, 9.17) is 0 Å². The van der Waals surface area contributed by atoms with Gasteiger partial charge in [0, 0.05) is 35.7 Å². The van der Waals surface area contributed by atoms with E-state index in [1.807, 2.05) is 32.0 Å². The highest BCUT2D eigenvalue weighted by atomic mass is 32.2. The van der Waals surface area contributed by atoms with Gasteiger partial charge in [-0.3, -0.25) is 34.9 Å². The summed E-state index contributed by atoms with van der Waals surface area (Å²) >= 11 is 1.51. The second-order valence-corrected chi connectivity index (χ2v) is 8.92. The van der Waals surface area contributed by atoms with E-state index in [9.17, 15) is 19.2 Å². The highest BCUT2D eigenvalue weighted by molar-refractivity contribution is 7.98. The maximum Gasteiger partial charge on any atom is 0.269 e. The molecule has 3 aromatic rings. The van der Waals surface area contributed by atoms with Gasteiger partial charge in [0.15, 0.2) is 5.16 Å². The molecule has 4 rings (SSSR count). The van der Waals surface area contributed by atoms with Crippen LogP contribution < -0.4 is 10.9 Å². The number of fused-ring (bicyclic) bond motifs is 1. The van der Waals surface area contributed by atoms with Gasteiger partial charge >= 0.3 is 0 Å². The number of carbonyl (C=O) groups excluding carboxylic acids is 4. The fraction of sp³-hybridized carbons (Fsp3) is 0.200. The Labute approximate surface area is 206 Å². The summed E-state index contributed by atoms with van der Waals surface area (Å²) in [6.45, 7) is 3.77. The number of hydrogen-bond donors (Lipinski definition) is 2. The molecule has 1 aliphatic heterocycles. The molecule has 0 aliphatic carbocycles. The Kier molecular flexibility index (Phi) is 7.21. The average Bonchev–Trinajstić information content (AvgIpc) is 3.09. The molecule has 4 amide bonds. The van der Waals surface area contributed by atoms with E-state index in [1.165, 1.54) is 11.8 Å². The number of imide groups is 1. The first-order valence-corrected chi connectivity index (χ1v) is 11.9. The van der Waals surface area contributed by atoms with Gasteiger partial charge in [-0.2, -0.15) is 0 Å². The predicted molar refractivity (Wildman–Crippen MR) is 130 cm³/mol. The largest absolute Gasteiger partial charge is 0.274 e. The SMILES string of the molecule is Cc1cc(C)nc(SCc2ccc(C(=O)NNC(=O)CCN3C(=O)c4ccccc4C3=O)cc2)n1. The maximum atomic E-state index is 12.4. The monoisotopic (exact) mass is 489 g/mol. The fourth-order valence-corrected chi connectivity index (χ4v) is 4.48. The molecule has 9 nitrogen and oxygen atoms in total. The van der Waals surface area contributed by atoms with E-state index < -0.39 is 23.6 Å². The Bertz CT molecular complexity index is 1250. The number of amides is 4. The fourth-order valence-electron chi connectivity index (χ4n) is 3.58. The Morgan fingerprint density at radius 1 is 0.886 bits per heavy atom. The van der Waals surface area contributed by atoms with Crippen molar-refractivity contribution in [2.75, 3.05) is 6.54 Å². The molecule has 10 heteroatoms. The van der Waals surface area contributed by atoms with Gasteiger partial charge in [0.2, 0.25) is 5.91 Å². The van der Waals surface area contributed by atoms with Crippen LogP contribution in [-0.2, 0) is 10.5 Å². The summed E-state index contributed by atoms with van der Waals surface area (Å²) in [4.78, 5) is 59.1. The van der Waals surface area contributed by atoms with Crippen LogP contribution in [0, 0.1) is 13.8 Å². The second-order valence-electron chi connectivity index (χ2n) is 7.98. The van der Waals surface area contributed by atoms with Crippen LogP contribution in [0.2, 0.25) is 0 Å². The minimum atomic E-state index is -0.517. The molecular weight excluding hydrogens is 466 g/mol. The molecule has 2 N–H and O–H groups in total. The van der Waals surface area contributed by atoms with Crippen LogP contribution in [-0.4, -0.2) is 45.0 Å². The van der Waals surface area contributed by atoms with Crippen LogP contribution in [0.3, 0.4) is 0 Å². The minimum absolute atomic E-state index is 0.0788. The molecular formula is C25H23N5O4S. The molecule has 0 unspecified atom stereocenters. The number of hydrazine groups is 1. The quantitative estimate of drug-likeness (QED) is 0.227. The van der Waals surface area contributed by atoms with Gasteiger partial charge in [-0.15, -0.1) is 0 Å². The molecule has 178 valence electrons. The van der Waals surface area contributed by atoms with Crippen LogP contribution in [0.5, 0.6) is 0 Å². The summed E-state index contributed by atoms with van der Waals surface area (Å²) in [5.41, 5.74) is 8.53. The van der Waals surface area contributed by atoms with Crippen LogP contribution in [0.25, 0.3) is 0 Å². The van der Waals surface area contributed by atoms with E-state index in [0.717, 1.165) is 21.9 Å². The number of benzene rings is 2. The van der Waals surface area contributed by atoms with Crippen LogP contribution in [0.1, 0.15) is 54.4 Å². The van der Waals surface area contributed by atoms with Crippen molar-refractivity contribution in [3.8, 4) is 0 Å². The normalized spacial score (nSPS) is 12.5. The van der Waals surface area contributed by atoms with Crippen LogP contribution >= 0.6 is 11.8 Å². The first kappa shape index (κ1) is 24.1. The standard InChI is InChI=1S/C25H23N5O4S/c1-15-13-16(2)27-25(26-15)35-14-17-7-9-18(10-8-17)22(32)29-28-21(31)11-12-30-23(33)19-5-3-4-6-20(19)24(30)34/h3-10,13H,11-12,14H2,1-2H3,(H,28,31)(H,29,32). The Balaban J connectivity index is 1.23. The highest BCUT2D eigenvalue weighted by Gasteiger charge is 2.34. The van der Waals surface area contributed by atoms with Gasteiger partial charge < -0.3 is 0 Å². The lowest BCUT2D eigenvalue weighted by atomic mass is 10.1. The highest BCUT2D eigenvalue weighted by Crippen LogP contribution is 2.22. The van der Waals surface area contributed by atoms with Crippen molar-refractivity contribution in [3.05, 3.63) is 88.2 Å². The lowest BCUT2D eigenvalue weighted by molar-refractivity contribution is -0.121. The number of hydrogen-bond acceptors (Lipinski definition) is 7. The molecule has 1 aliphatic rings. The number of rotatable bonds is 7. The molecule has 0 saturated carbocycles. The lowest BCUT2D eigenvalue weighted by Crippen LogP contribution is -2.43. The summed E-state index contributed by atoms with van der Waals surface area (Å²) in [5, 5.41) is 0.702. The summed E-state index contributed by atoms with van der Waals surface area (Å²) in [6, 6.07) is 15.4. The predicted octanol–water partition coefficient (Wildman–Crippen LogP) is 2.83. The van der Waals surface area contributed by atoms with Crippen molar-refractivity contribution in [3.63, 3.8) is 0 Å². The summed E-state index contributed by atoms with van der Waals surface area (Å²) in [5.74, 6) is -1.19. The Morgan fingerprint density at radius 3 is 2.09 bits per heavy atom. The van der Waals surface area contributed by atoms with Crippen molar-refractivity contribution in [2.45, 2.75) is 31.2 Å². The van der Waals surface area contributed by atoms with Crippen LogP contribution in [0.15, 0.2) is 59.8 Å². The van der Waals surface area contributed by atoms with E-state index in [2.05, 4.69) is 20.8 Å². The Morgan fingerprint density at radius 2 is 1.49 bits per heavy atom. The molecule has 2 heterocycles. The molecule has 0 atom stereocenters. The van der Waals surface area contributed by atoms with Gasteiger partial charge in [-0.1, -0.05) is 36.0 Å². The Hall–Kier alpha value is -4.05. The van der Waals surface area contributed by atoms with Gasteiger partial charge in [0.05, 0.1) is 11.1 Å². The topological polar surface area (TPSA) is 121 Å². The smallest absolute Gasteiger partial charge is 0.269 e. The summed E-state index contributed by atoms with van der Waals surface area (Å²) < 4.78 is 0. The number of nitrogens with one attached hydrogen (secondary N) is 2. The first-order valence-electron chi connectivity index (χ1n) is 10.9. The van der Waals surface area contributed by atoms with Gasteiger partial charge in [-0.25, -0.2) is 9.97 Å². The van der Waals surface area contributed by atoms with Crippen molar-refractivity contribution in [2.24, 2.45) is 0 Å². The van der Waals surface area contributed by atoms with Crippen molar-refractivity contribution >= 4 is 35.4 Å². The maximum absolute atomic E-state index is 12.4. The zero-order valence-electron chi connectivity index (χ0n) is 19.2. The van der Waals surface area contributed by atoms with E-state index in [0.29, 0.717) is 27.6 Å². The number of nitrogens with zero attached hydrogens (tertiary/aromatic N) is 3. The van der Waals surface area contributed by atoms with Crippen molar-refractivity contribution in [1.29, 1.82) is 0 Å².